The zero-order valence-corrected chi connectivity index (χ0v) is 19.5. The van der Waals surface area contributed by atoms with E-state index in [0.29, 0.717) is 35.6 Å². The third kappa shape index (κ3) is 5.23. The standard InChI is InChI=1S/C25H32N4O4/c1-14-10-19(25(31)32-4)15(2)9-18(14)23-13-29(12-16(3)33-23)21(24(27)28)11-20(26)17-7-5-6-8-22(17)30/h5-11,16,23,30H,12-13,26-28H2,1-4H3/b20-11-. The molecule has 8 heteroatoms. The molecule has 0 saturated carbocycles. The smallest absolute Gasteiger partial charge is 0.338 e. The van der Waals surface area contributed by atoms with Gasteiger partial charge in [-0.25, -0.2) is 4.79 Å². The summed E-state index contributed by atoms with van der Waals surface area (Å²) in [4.78, 5) is 14.1. The second-order valence-electron chi connectivity index (χ2n) is 8.31. The number of allylic oxidation sites excluding steroid dienone is 1. The molecule has 176 valence electrons. The molecule has 0 radical (unpaired) electrons. The first-order valence-corrected chi connectivity index (χ1v) is 10.7. The number of rotatable bonds is 5. The van der Waals surface area contributed by atoms with Crippen molar-refractivity contribution in [3.8, 4) is 5.75 Å². The van der Waals surface area contributed by atoms with Gasteiger partial charge in [0.2, 0.25) is 0 Å². The van der Waals surface area contributed by atoms with E-state index in [1.165, 1.54) is 7.11 Å². The summed E-state index contributed by atoms with van der Waals surface area (Å²) in [7, 11) is 1.37. The van der Waals surface area contributed by atoms with Crippen LogP contribution in [0.3, 0.4) is 0 Å². The van der Waals surface area contributed by atoms with Gasteiger partial charge in [0.15, 0.2) is 0 Å². The van der Waals surface area contributed by atoms with Gasteiger partial charge in [0.1, 0.15) is 17.7 Å². The summed E-state index contributed by atoms with van der Waals surface area (Å²) in [6.45, 7) is 6.84. The summed E-state index contributed by atoms with van der Waals surface area (Å²) in [5.74, 6) is -0.172. The lowest BCUT2D eigenvalue weighted by molar-refractivity contribution is -0.0686. The van der Waals surface area contributed by atoms with E-state index >= 15 is 0 Å². The predicted octanol–water partition coefficient (Wildman–Crippen LogP) is 2.64. The van der Waals surface area contributed by atoms with Gasteiger partial charge in [0.25, 0.3) is 0 Å². The van der Waals surface area contributed by atoms with Crippen LogP contribution in [0, 0.1) is 13.8 Å². The Balaban J connectivity index is 1.94. The van der Waals surface area contributed by atoms with Gasteiger partial charge in [-0.15, -0.1) is 0 Å². The van der Waals surface area contributed by atoms with Gasteiger partial charge in [-0.05, 0) is 61.7 Å². The van der Waals surface area contributed by atoms with Crippen LogP contribution in [0.5, 0.6) is 5.75 Å². The molecular weight excluding hydrogens is 420 g/mol. The van der Waals surface area contributed by atoms with Crippen LogP contribution in [0.4, 0.5) is 0 Å². The van der Waals surface area contributed by atoms with Crippen LogP contribution < -0.4 is 17.2 Å². The van der Waals surface area contributed by atoms with E-state index in [0.717, 1.165) is 16.7 Å². The largest absolute Gasteiger partial charge is 0.507 e. The summed E-state index contributed by atoms with van der Waals surface area (Å²) < 4.78 is 11.1. The lowest BCUT2D eigenvalue weighted by Crippen LogP contribution is -2.43. The molecule has 0 amide bonds. The molecule has 3 rings (SSSR count). The minimum absolute atomic E-state index is 0.0752. The Morgan fingerprint density at radius 1 is 1.12 bits per heavy atom. The summed E-state index contributed by atoms with van der Waals surface area (Å²) in [5.41, 5.74) is 23.0. The molecule has 0 bridgehead atoms. The molecule has 2 aromatic rings. The number of methoxy groups -OCH3 is 1. The fourth-order valence-corrected chi connectivity index (χ4v) is 4.14. The monoisotopic (exact) mass is 452 g/mol. The number of carbonyl (C=O) groups is 1. The molecule has 1 heterocycles. The highest BCUT2D eigenvalue weighted by Gasteiger charge is 2.30. The van der Waals surface area contributed by atoms with E-state index in [4.69, 9.17) is 26.7 Å². The van der Waals surface area contributed by atoms with E-state index in [2.05, 4.69) is 0 Å². The van der Waals surface area contributed by atoms with Crippen molar-refractivity contribution in [2.45, 2.75) is 33.0 Å². The second kappa shape index (κ2) is 9.87. The van der Waals surface area contributed by atoms with Crippen molar-refractivity contribution in [3.63, 3.8) is 0 Å². The average Bonchev–Trinajstić information content (AvgIpc) is 2.77. The van der Waals surface area contributed by atoms with Gasteiger partial charge < -0.3 is 36.7 Å². The SMILES string of the molecule is COC(=O)c1cc(C)c(C2CN(C(/C=C(\N)c3ccccc3O)=C(N)N)CC(C)O2)cc1C. The van der Waals surface area contributed by atoms with E-state index in [9.17, 15) is 9.90 Å². The minimum Gasteiger partial charge on any atom is -0.507 e. The highest BCUT2D eigenvalue weighted by molar-refractivity contribution is 5.91. The fraction of sp³-hybridized carbons (Fsp3) is 0.320. The van der Waals surface area contributed by atoms with Crippen molar-refractivity contribution in [1.82, 2.24) is 4.90 Å². The quantitative estimate of drug-likeness (QED) is 0.401. The van der Waals surface area contributed by atoms with Crippen LogP contribution in [0.25, 0.3) is 5.70 Å². The van der Waals surface area contributed by atoms with E-state index < -0.39 is 0 Å². The Labute approximate surface area is 194 Å². The van der Waals surface area contributed by atoms with Crippen LogP contribution >= 0.6 is 0 Å². The third-order valence-electron chi connectivity index (χ3n) is 5.77. The molecule has 2 aromatic carbocycles. The van der Waals surface area contributed by atoms with E-state index in [-0.39, 0.29) is 29.7 Å². The summed E-state index contributed by atoms with van der Waals surface area (Å²) in [6.07, 6.45) is 1.30. The molecule has 1 fully saturated rings. The number of aromatic hydroxyl groups is 1. The van der Waals surface area contributed by atoms with Crippen molar-refractivity contribution in [2.24, 2.45) is 17.2 Å². The predicted molar refractivity (Wildman–Crippen MR) is 128 cm³/mol. The number of hydrogen-bond acceptors (Lipinski definition) is 8. The van der Waals surface area contributed by atoms with Crippen LogP contribution in [-0.2, 0) is 9.47 Å². The highest BCUT2D eigenvalue weighted by atomic mass is 16.5. The number of esters is 1. The molecule has 1 aliphatic rings. The first-order chi connectivity index (χ1) is 15.6. The molecule has 0 aromatic heterocycles. The summed E-state index contributed by atoms with van der Waals surface area (Å²) in [6, 6.07) is 10.6. The molecule has 2 unspecified atom stereocenters. The fourth-order valence-electron chi connectivity index (χ4n) is 4.14. The van der Waals surface area contributed by atoms with Crippen molar-refractivity contribution in [1.29, 1.82) is 0 Å². The van der Waals surface area contributed by atoms with Gasteiger partial charge in [-0.2, -0.15) is 0 Å². The molecule has 33 heavy (non-hydrogen) atoms. The number of para-hydroxylation sites is 1. The molecule has 1 saturated heterocycles. The average molecular weight is 453 g/mol. The highest BCUT2D eigenvalue weighted by Crippen LogP contribution is 2.32. The summed E-state index contributed by atoms with van der Waals surface area (Å²) >= 11 is 0. The number of phenolic OH excluding ortho intramolecular Hbond substituents is 1. The van der Waals surface area contributed by atoms with Gasteiger partial charge >= 0.3 is 5.97 Å². The van der Waals surface area contributed by atoms with Crippen LogP contribution in [0.1, 0.15) is 45.6 Å². The molecule has 7 N–H and O–H groups in total. The molecular formula is C25H32N4O4. The van der Waals surface area contributed by atoms with Crippen LogP contribution in [-0.4, -0.2) is 42.3 Å². The number of nitrogens with zero attached hydrogens (tertiary/aromatic N) is 1. The number of morpholine rings is 1. The van der Waals surface area contributed by atoms with Crippen LogP contribution in [0.2, 0.25) is 0 Å². The molecule has 8 nitrogen and oxygen atoms in total. The third-order valence-corrected chi connectivity index (χ3v) is 5.77. The lowest BCUT2D eigenvalue weighted by atomic mass is 9.95. The zero-order valence-electron chi connectivity index (χ0n) is 19.5. The van der Waals surface area contributed by atoms with E-state index in [1.807, 2.05) is 37.8 Å². The van der Waals surface area contributed by atoms with Gasteiger partial charge in [0.05, 0.1) is 24.5 Å². The molecule has 1 aliphatic heterocycles. The zero-order chi connectivity index (χ0) is 24.3. The van der Waals surface area contributed by atoms with Crippen molar-refractivity contribution < 1.29 is 19.4 Å². The Morgan fingerprint density at radius 3 is 2.45 bits per heavy atom. The first kappa shape index (κ1) is 24.0. The number of benzene rings is 2. The number of phenols is 1. The van der Waals surface area contributed by atoms with Gasteiger partial charge in [-0.3, -0.25) is 0 Å². The normalized spacial score (nSPS) is 18.7. The number of ether oxygens (including phenoxy) is 2. The molecule has 0 spiro atoms. The minimum atomic E-state index is -0.368. The first-order valence-electron chi connectivity index (χ1n) is 10.7. The molecule has 0 aliphatic carbocycles. The number of nitrogens with two attached hydrogens (primary N) is 3. The maximum Gasteiger partial charge on any atom is 0.338 e. The summed E-state index contributed by atoms with van der Waals surface area (Å²) in [5, 5.41) is 10.1. The maximum atomic E-state index is 12.1. The Morgan fingerprint density at radius 2 is 1.82 bits per heavy atom. The maximum absolute atomic E-state index is 12.1. The Kier molecular flexibility index (Phi) is 7.18. The van der Waals surface area contributed by atoms with Crippen molar-refractivity contribution in [3.05, 3.63) is 81.8 Å². The Hall–Kier alpha value is -3.65. The van der Waals surface area contributed by atoms with Crippen LogP contribution in [0.15, 0.2) is 54.0 Å². The second-order valence-corrected chi connectivity index (χ2v) is 8.31. The number of carbonyl (C=O) groups excluding carboxylic acids is 1. The van der Waals surface area contributed by atoms with Gasteiger partial charge in [-0.1, -0.05) is 18.2 Å². The number of aryl methyl sites for hydroxylation is 2. The molecule has 2 atom stereocenters. The van der Waals surface area contributed by atoms with Gasteiger partial charge in [0, 0.05) is 24.4 Å². The topological polar surface area (TPSA) is 137 Å². The number of hydrogen-bond donors (Lipinski definition) is 4. The van der Waals surface area contributed by atoms with Crippen molar-refractivity contribution in [2.75, 3.05) is 20.2 Å². The van der Waals surface area contributed by atoms with Crippen molar-refractivity contribution >= 4 is 11.7 Å². The van der Waals surface area contributed by atoms with E-state index in [1.54, 1.807) is 30.3 Å². The lowest BCUT2D eigenvalue weighted by Gasteiger charge is -2.39. The Bertz CT molecular complexity index is 1110.